The summed E-state index contributed by atoms with van der Waals surface area (Å²) < 4.78 is 26.5. The van der Waals surface area contributed by atoms with Gasteiger partial charge in [0.1, 0.15) is 43.4 Å². The Kier molecular flexibility index (Phi) is 7.70. The highest BCUT2D eigenvalue weighted by Gasteiger charge is 2.49. The van der Waals surface area contributed by atoms with Crippen molar-refractivity contribution in [1.29, 1.82) is 0 Å². The van der Waals surface area contributed by atoms with Crippen LogP contribution in [0.4, 0.5) is 0 Å². The van der Waals surface area contributed by atoms with Crippen molar-refractivity contribution in [3.63, 3.8) is 0 Å². The number of ether oxygens (including phenoxy) is 5. The van der Waals surface area contributed by atoms with Crippen LogP contribution >= 0.6 is 0 Å². The Balaban J connectivity index is 2.10. The Morgan fingerprint density at radius 1 is 1.12 bits per heavy atom. The van der Waals surface area contributed by atoms with Crippen molar-refractivity contribution in [1.82, 2.24) is 0 Å². The minimum Gasteiger partial charge on any atom is -0.467 e. The molecule has 0 spiro atoms. The highest BCUT2D eigenvalue weighted by Crippen LogP contribution is 2.29. The molecule has 0 radical (unpaired) electrons. The van der Waals surface area contributed by atoms with Crippen LogP contribution in [0.1, 0.15) is 13.3 Å². The van der Waals surface area contributed by atoms with E-state index in [1.807, 2.05) is 6.92 Å². The molecule has 11 heteroatoms. The summed E-state index contributed by atoms with van der Waals surface area (Å²) in [5, 5.41) is 29.9. The first-order chi connectivity index (χ1) is 12.3. The van der Waals surface area contributed by atoms with E-state index in [1.165, 1.54) is 7.11 Å². The summed E-state index contributed by atoms with van der Waals surface area (Å²) in [5.74, 6) is -0.648. The molecule has 9 atom stereocenters. The number of esters is 1. The second-order valence-electron chi connectivity index (χ2n) is 6.28. The standard InChI is InChI=1S/C15H28N2O9/c1-3-6-12(11(21)14(17)24-6)26-15-9(16)13(23-5-8(19)22-2)10(20)7(4-18)25-15/h6-7,9-15,18,20-21H,3-5,16-17H2,1-2H3/t6-,7?,9?,10+,11?,12-,13-,14?,15?/m1/s1. The lowest BCUT2D eigenvalue weighted by Crippen LogP contribution is -2.64. The minimum absolute atomic E-state index is 0.436. The van der Waals surface area contributed by atoms with Gasteiger partial charge < -0.3 is 50.5 Å². The molecule has 2 heterocycles. The average Bonchev–Trinajstić information content (AvgIpc) is 2.91. The number of hydrogen-bond acceptors (Lipinski definition) is 11. The largest absolute Gasteiger partial charge is 0.467 e. The zero-order valence-electron chi connectivity index (χ0n) is 14.8. The first-order valence-corrected chi connectivity index (χ1v) is 8.46. The lowest BCUT2D eigenvalue weighted by Gasteiger charge is -2.43. The number of rotatable bonds is 7. The van der Waals surface area contributed by atoms with Gasteiger partial charge in [-0.15, -0.1) is 0 Å². The first-order valence-electron chi connectivity index (χ1n) is 8.46. The monoisotopic (exact) mass is 380 g/mol. The molecule has 0 saturated carbocycles. The molecule has 0 aromatic heterocycles. The quantitative estimate of drug-likeness (QED) is 0.281. The normalized spacial score (nSPS) is 43.4. The lowest BCUT2D eigenvalue weighted by atomic mass is 9.97. The van der Waals surface area contributed by atoms with Crippen LogP contribution in [0.25, 0.3) is 0 Å². The van der Waals surface area contributed by atoms with Gasteiger partial charge in [0, 0.05) is 0 Å². The predicted molar refractivity (Wildman–Crippen MR) is 85.5 cm³/mol. The van der Waals surface area contributed by atoms with E-state index in [-0.39, 0.29) is 0 Å². The van der Waals surface area contributed by atoms with Crippen molar-refractivity contribution < 1.29 is 43.8 Å². The van der Waals surface area contributed by atoms with Crippen LogP contribution in [0.5, 0.6) is 0 Å². The summed E-state index contributed by atoms with van der Waals surface area (Å²) in [6.07, 6.45) is -7.25. The van der Waals surface area contributed by atoms with E-state index in [0.29, 0.717) is 6.42 Å². The fraction of sp³-hybridized carbons (Fsp3) is 0.933. The lowest BCUT2D eigenvalue weighted by molar-refractivity contribution is -0.291. The molecular formula is C15H28N2O9. The van der Waals surface area contributed by atoms with Gasteiger partial charge >= 0.3 is 5.97 Å². The summed E-state index contributed by atoms with van der Waals surface area (Å²) in [5.41, 5.74) is 11.8. The molecule has 26 heavy (non-hydrogen) atoms. The number of hydrogen-bond donors (Lipinski definition) is 5. The van der Waals surface area contributed by atoms with Crippen molar-refractivity contribution in [2.75, 3.05) is 20.3 Å². The van der Waals surface area contributed by atoms with Crippen LogP contribution in [-0.4, -0.2) is 96.8 Å². The molecule has 0 bridgehead atoms. The van der Waals surface area contributed by atoms with Crippen molar-refractivity contribution in [2.45, 2.75) is 68.5 Å². The number of carbonyl (C=O) groups is 1. The molecule has 0 aromatic rings. The van der Waals surface area contributed by atoms with Gasteiger partial charge in [-0.2, -0.15) is 0 Å². The third-order valence-corrected chi connectivity index (χ3v) is 4.59. The molecule has 7 N–H and O–H groups in total. The molecule has 5 unspecified atom stereocenters. The van der Waals surface area contributed by atoms with Gasteiger partial charge in [-0.3, -0.25) is 0 Å². The summed E-state index contributed by atoms with van der Waals surface area (Å²) in [6.45, 7) is 0.886. The van der Waals surface area contributed by atoms with Gasteiger partial charge in [-0.25, -0.2) is 4.79 Å². The molecule has 0 aromatic carbocycles. The number of aliphatic hydroxyl groups is 3. The van der Waals surface area contributed by atoms with Crippen molar-refractivity contribution in [2.24, 2.45) is 11.5 Å². The van der Waals surface area contributed by atoms with Gasteiger partial charge in [-0.1, -0.05) is 6.92 Å². The first kappa shape index (κ1) is 21.4. The number of methoxy groups -OCH3 is 1. The Bertz CT molecular complexity index is 468. The highest BCUT2D eigenvalue weighted by atomic mass is 16.7. The third-order valence-electron chi connectivity index (χ3n) is 4.59. The second-order valence-corrected chi connectivity index (χ2v) is 6.28. The van der Waals surface area contributed by atoms with E-state index in [0.717, 1.165) is 0 Å². The Morgan fingerprint density at radius 2 is 1.81 bits per heavy atom. The number of nitrogens with two attached hydrogens (primary N) is 2. The zero-order chi connectivity index (χ0) is 19.4. The molecular weight excluding hydrogens is 352 g/mol. The van der Waals surface area contributed by atoms with Gasteiger partial charge in [0.2, 0.25) is 0 Å². The Labute approximate surface area is 151 Å². The summed E-state index contributed by atoms with van der Waals surface area (Å²) in [7, 11) is 1.20. The number of carbonyl (C=O) groups excluding carboxylic acids is 1. The van der Waals surface area contributed by atoms with Crippen LogP contribution in [0, 0.1) is 0 Å². The minimum atomic E-state index is -1.28. The highest BCUT2D eigenvalue weighted by molar-refractivity contribution is 5.70. The fourth-order valence-corrected chi connectivity index (χ4v) is 3.06. The molecule has 11 nitrogen and oxygen atoms in total. The average molecular weight is 380 g/mol. The van der Waals surface area contributed by atoms with Gasteiger partial charge in [0.25, 0.3) is 0 Å². The maximum Gasteiger partial charge on any atom is 0.331 e. The Morgan fingerprint density at radius 3 is 2.38 bits per heavy atom. The Hall–Kier alpha value is -0.890. The van der Waals surface area contributed by atoms with E-state index >= 15 is 0 Å². The van der Waals surface area contributed by atoms with Gasteiger partial charge in [0.05, 0.1) is 25.9 Å². The van der Waals surface area contributed by atoms with Gasteiger partial charge in [-0.05, 0) is 6.42 Å². The van der Waals surface area contributed by atoms with E-state index in [9.17, 15) is 20.1 Å². The smallest absolute Gasteiger partial charge is 0.331 e. The molecule has 152 valence electrons. The summed E-state index contributed by atoms with van der Waals surface area (Å²) >= 11 is 0. The van der Waals surface area contributed by atoms with Crippen LogP contribution in [0.2, 0.25) is 0 Å². The molecule has 2 saturated heterocycles. The summed E-state index contributed by atoms with van der Waals surface area (Å²) in [4.78, 5) is 11.3. The maximum atomic E-state index is 11.3. The second kappa shape index (κ2) is 9.35. The van der Waals surface area contributed by atoms with Crippen molar-refractivity contribution >= 4 is 5.97 Å². The van der Waals surface area contributed by atoms with E-state index in [2.05, 4.69) is 4.74 Å². The van der Waals surface area contributed by atoms with E-state index in [1.54, 1.807) is 0 Å². The predicted octanol–water partition coefficient (Wildman–Crippen LogP) is -3.21. The molecule has 0 aliphatic carbocycles. The molecule has 0 amide bonds. The van der Waals surface area contributed by atoms with Crippen LogP contribution in [0.3, 0.4) is 0 Å². The van der Waals surface area contributed by atoms with Crippen LogP contribution in [-0.2, 0) is 28.5 Å². The van der Waals surface area contributed by atoms with E-state index < -0.39 is 74.4 Å². The zero-order valence-corrected chi connectivity index (χ0v) is 14.8. The molecule has 2 rings (SSSR count). The SMILES string of the molecule is CC[C@H]1OC(N)C(O)[C@@H]1OC1OC(CO)[C@H](O)[C@H](OCC(=O)OC)C1N. The summed E-state index contributed by atoms with van der Waals surface area (Å²) in [6, 6.07) is -1.00. The molecule has 2 fully saturated rings. The third kappa shape index (κ3) is 4.50. The van der Waals surface area contributed by atoms with Crippen molar-refractivity contribution in [3.8, 4) is 0 Å². The van der Waals surface area contributed by atoms with E-state index in [4.69, 9.17) is 30.4 Å². The number of aliphatic hydroxyl groups excluding tert-OH is 3. The fourth-order valence-electron chi connectivity index (χ4n) is 3.06. The molecule has 2 aliphatic rings. The maximum absolute atomic E-state index is 11.3. The van der Waals surface area contributed by atoms with Crippen molar-refractivity contribution in [3.05, 3.63) is 0 Å². The van der Waals surface area contributed by atoms with Crippen LogP contribution < -0.4 is 11.5 Å². The van der Waals surface area contributed by atoms with Gasteiger partial charge in [0.15, 0.2) is 6.29 Å². The molecule has 2 aliphatic heterocycles. The topological polar surface area (TPSA) is 176 Å². The van der Waals surface area contributed by atoms with Crippen LogP contribution in [0.15, 0.2) is 0 Å².